The molecule has 0 aliphatic heterocycles. The summed E-state index contributed by atoms with van der Waals surface area (Å²) in [5.74, 6) is -0.487. The summed E-state index contributed by atoms with van der Waals surface area (Å²) in [7, 11) is 0.487. The molecule has 0 heterocycles. The molecule has 3 aromatic carbocycles. The number of ether oxygens (including phenoxy) is 1. The largest absolute Gasteiger partial charge is 0.465 e. The van der Waals surface area contributed by atoms with E-state index in [4.69, 9.17) is 4.74 Å². The van der Waals surface area contributed by atoms with E-state index < -0.39 is 28.6 Å². The van der Waals surface area contributed by atoms with Gasteiger partial charge in [0.15, 0.2) is 14.7 Å². The van der Waals surface area contributed by atoms with Crippen LogP contribution in [0.3, 0.4) is 0 Å². The number of halogens is 3. The van der Waals surface area contributed by atoms with Gasteiger partial charge in [-0.1, -0.05) is 24.3 Å². The fourth-order valence-corrected chi connectivity index (χ4v) is 5.12. The van der Waals surface area contributed by atoms with Crippen molar-refractivity contribution < 1.29 is 22.7 Å². The Bertz CT molecular complexity index is 985. The minimum absolute atomic E-state index is 0.358. The lowest BCUT2D eigenvalue weighted by atomic mass is 10.1. The molecule has 0 radical (unpaired) electrons. The lowest BCUT2D eigenvalue weighted by Gasteiger charge is -2.13. The minimum Gasteiger partial charge on any atom is -0.465 e. The number of hydrogen-bond acceptors (Lipinski definition) is 2. The smallest absolute Gasteiger partial charge is 0.416 e. The van der Waals surface area contributed by atoms with Crippen molar-refractivity contribution in [2.45, 2.75) is 27.8 Å². The molecular weight excluding hydrogens is 385 g/mol. The SMILES string of the molecule is COC(=O)c1cccc([S+](c2ccccc2)c2cc(C)cc(C(F)(F)F)c2)c1. The molecule has 3 rings (SSSR count). The summed E-state index contributed by atoms with van der Waals surface area (Å²) in [5, 5.41) is 0. The lowest BCUT2D eigenvalue weighted by Crippen LogP contribution is -2.11. The van der Waals surface area contributed by atoms with Crippen LogP contribution >= 0.6 is 0 Å². The van der Waals surface area contributed by atoms with Crippen LogP contribution in [-0.4, -0.2) is 13.1 Å². The Morgan fingerprint density at radius 2 is 1.54 bits per heavy atom. The van der Waals surface area contributed by atoms with Gasteiger partial charge in [0.05, 0.1) is 29.1 Å². The molecule has 0 bridgehead atoms. The maximum atomic E-state index is 13.4. The summed E-state index contributed by atoms with van der Waals surface area (Å²) >= 11 is 0. The Kier molecular flexibility index (Phi) is 5.79. The van der Waals surface area contributed by atoms with Crippen LogP contribution in [0.4, 0.5) is 13.2 Å². The molecule has 144 valence electrons. The number of methoxy groups -OCH3 is 1. The van der Waals surface area contributed by atoms with Crippen molar-refractivity contribution in [3.63, 3.8) is 0 Å². The quantitative estimate of drug-likeness (QED) is 0.401. The van der Waals surface area contributed by atoms with Crippen molar-refractivity contribution in [1.82, 2.24) is 0 Å². The molecule has 0 fully saturated rings. The van der Waals surface area contributed by atoms with Gasteiger partial charge in [-0.25, -0.2) is 4.79 Å². The van der Waals surface area contributed by atoms with Gasteiger partial charge in [0, 0.05) is 12.1 Å². The molecule has 0 N–H and O–H groups in total. The number of rotatable bonds is 4. The molecule has 0 aliphatic rings. The number of carbonyl (C=O) groups is 1. The molecule has 0 aromatic heterocycles. The predicted octanol–water partition coefficient (Wildman–Crippen LogP) is 5.90. The third kappa shape index (κ3) is 4.39. The van der Waals surface area contributed by atoms with Crippen LogP contribution in [-0.2, 0) is 21.8 Å². The zero-order valence-corrected chi connectivity index (χ0v) is 16.1. The highest BCUT2D eigenvalue weighted by Crippen LogP contribution is 2.36. The maximum Gasteiger partial charge on any atom is 0.416 e. The van der Waals surface area contributed by atoms with Gasteiger partial charge < -0.3 is 4.74 Å². The first-order chi connectivity index (χ1) is 13.3. The Labute approximate surface area is 164 Å². The number of carbonyl (C=O) groups excluding carboxylic acids is 1. The average molecular weight is 403 g/mol. The number of aryl methyl sites for hydroxylation is 1. The minimum atomic E-state index is -4.43. The Hall–Kier alpha value is -2.73. The van der Waals surface area contributed by atoms with Crippen molar-refractivity contribution in [1.29, 1.82) is 0 Å². The first-order valence-corrected chi connectivity index (χ1v) is 9.68. The molecule has 0 saturated heterocycles. The van der Waals surface area contributed by atoms with Gasteiger partial charge in [0.1, 0.15) is 0 Å². The molecule has 6 heteroatoms. The molecule has 0 amide bonds. The van der Waals surface area contributed by atoms with E-state index >= 15 is 0 Å². The summed E-state index contributed by atoms with van der Waals surface area (Å²) in [6, 6.07) is 20.2. The second-order valence-electron chi connectivity index (χ2n) is 6.17. The second kappa shape index (κ2) is 8.10. The molecule has 1 unspecified atom stereocenters. The fraction of sp³-hybridized carbons (Fsp3) is 0.136. The molecule has 0 aliphatic carbocycles. The normalized spacial score (nSPS) is 12.5. The standard InChI is InChI=1S/C22H18F3O2S/c1-15-11-17(22(23,24)25)14-20(12-15)28(18-8-4-3-5-9-18)19-10-6-7-16(13-19)21(26)27-2/h3-14H,1-2H3/q+1. The summed E-state index contributed by atoms with van der Waals surface area (Å²) in [4.78, 5) is 14.1. The molecule has 2 nitrogen and oxygen atoms in total. The van der Waals surface area contributed by atoms with Crippen molar-refractivity contribution in [2.75, 3.05) is 7.11 Å². The van der Waals surface area contributed by atoms with Crippen LogP contribution in [0.5, 0.6) is 0 Å². The van der Waals surface area contributed by atoms with E-state index in [1.807, 2.05) is 36.4 Å². The van der Waals surface area contributed by atoms with E-state index in [1.54, 1.807) is 31.2 Å². The Morgan fingerprint density at radius 3 is 2.18 bits per heavy atom. The molecule has 1 atom stereocenters. The zero-order chi connectivity index (χ0) is 20.3. The highest BCUT2D eigenvalue weighted by atomic mass is 32.2. The summed E-state index contributed by atoms with van der Waals surface area (Å²) < 4.78 is 44.9. The lowest BCUT2D eigenvalue weighted by molar-refractivity contribution is -0.137. The Morgan fingerprint density at radius 1 is 0.857 bits per heavy atom. The van der Waals surface area contributed by atoms with Crippen LogP contribution in [0.1, 0.15) is 21.5 Å². The first-order valence-electron chi connectivity index (χ1n) is 8.46. The van der Waals surface area contributed by atoms with Crippen molar-refractivity contribution >= 4 is 16.9 Å². The predicted molar refractivity (Wildman–Crippen MR) is 103 cm³/mol. The zero-order valence-electron chi connectivity index (χ0n) is 15.3. The molecule has 0 saturated carbocycles. The van der Waals surface area contributed by atoms with Gasteiger partial charge in [-0.15, -0.1) is 0 Å². The molecule has 3 aromatic rings. The number of alkyl halides is 3. The highest BCUT2D eigenvalue weighted by Gasteiger charge is 2.35. The first kappa shape index (κ1) is 20.0. The van der Waals surface area contributed by atoms with Crippen molar-refractivity contribution in [3.05, 3.63) is 89.5 Å². The molecule has 0 spiro atoms. The van der Waals surface area contributed by atoms with E-state index in [0.29, 0.717) is 16.0 Å². The average Bonchev–Trinajstić information content (AvgIpc) is 2.67. The van der Waals surface area contributed by atoms with Gasteiger partial charge in [-0.2, -0.15) is 13.2 Å². The fourth-order valence-electron chi connectivity index (χ4n) is 2.86. The van der Waals surface area contributed by atoms with E-state index in [1.165, 1.54) is 13.2 Å². The molecular formula is C22H18F3O2S+. The van der Waals surface area contributed by atoms with Crippen molar-refractivity contribution in [2.24, 2.45) is 0 Å². The third-order valence-corrected chi connectivity index (χ3v) is 6.26. The van der Waals surface area contributed by atoms with Gasteiger partial charge in [0.2, 0.25) is 0 Å². The van der Waals surface area contributed by atoms with Gasteiger partial charge in [-0.3, -0.25) is 0 Å². The van der Waals surface area contributed by atoms with Gasteiger partial charge >= 0.3 is 12.1 Å². The van der Waals surface area contributed by atoms with Crippen LogP contribution in [0.15, 0.2) is 87.5 Å². The van der Waals surface area contributed by atoms with E-state index in [9.17, 15) is 18.0 Å². The summed E-state index contributed by atoms with van der Waals surface area (Å²) in [5.41, 5.74) is 0.208. The van der Waals surface area contributed by atoms with Crippen LogP contribution in [0.2, 0.25) is 0 Å². The van der Waals surface area contributed by atoms with Crippen LogP contribution in [0, 0.1) is 6.92 Å². The molecule has 28 heavy (non-hydrogen) atoms. The maximum absolute atomic E-state index is 13.4. The summed E-state index contributed by atoms with van der Waals surface area (Å²) in [6.45, 7) is 1.65. The number of esters is 1. The third-order valence-electron chi connectivity index (χ3n) is 4.08. The summed E-state index contributed by atoms with van der Waals surface area (Å²) in [6.07, 6.45) is -4.43. The van der Waals surface area contributed by atoms with Crippen LogP contribution < -0.4 is 0 Å². The second-order valence-corrected chi connectivity index (χ2v) is 8.20. The van der Waals surface area contributed by atoms with E-state index in [-0.39, 0.29) is 0 Å². The Balaban J connectivity index is 2.20. The number of benzene rings is 3. The number of hydrogen-bond donors (Lipinski definition) is 0. The van der Waals surface area contributed by atoms with Gasteiger partial charge in [-0.05, 0) is 48.9 Å². The van der Waals surface area contributed by atoms with Crippen molar-refractivity contribution in [3.8, 4) is 0 Å². The van der Waals surface area contributed by atoms with Gasteiger partial charge in [0.25, 0.3) is 0 Å². The monoisotopic (exact) mass is 403 g/mol. The van der Waals surface area contributed by atoms with E-state index in [2.05, 4.69) is 0 Å². The van der Waals surface area contributed by atoms with E-state index in [0.717, 1.165) is 15.9 Å². The highest BCUT2D eigenvalue weighted by molar-refractivity contribution is 7.97. The van der Waals surface area contributed by atoms with Crippen LogP contribution in [0.25, 0.3) is 0 Å². The topological polar surface area (TPSA) is 26.3 Å².